The number of aromatic nitrogens is 3. The average molecular weight is 577 g/mol. The molecule has 0 radical (unpaired) electrons. The first-order valence-corrected chi connectivity index (χ1v) is 14.7. The van der Waals surface area contributed by atoms with Gasteiger partial charge in [0.2, 0.25) is 0 Å². The second-order valence-electron chi connectivity index (χ2n) is 11.3. The predicted octanol–water partition coefficient (Wildman–Crippen LogP) is 4.25. The second kappa shape index (κ2) is 10.0. The molecule has 0 amide bonds. The highest BCUT2D eigenvalue weighted by Gasteiger charge is 2.49. The van der Waals surface area contributed by atoms with Crippen molar-refractivity contribution >= 4 is 43.3 Å². The quantitative estimate of drug-likeness (QED) is 0.347. The number of nitrogens with two attached hydrogens (primary N) is 1. The Morgan fingerprint density at radius 1 is 1.29 bits per heavy atom. The standard InChI is InChI=1S/C29H30F2N8OS/c1-38(17-7-9-34-13-17)27-19-4-6-22(18-3-5-21(31)24-23(18)20(12-32)25(33)41-24)35-26(19)36-28(37-27)40-15-29-8-2-10-39(29)14-16(30)11-29/h3-6,16-17,34H,2,7-11,13-15,33H2,1H3/t16-,17-,29+/m1/s1. The molecule has 12 heteroatoms. The van der Waals surface area contributed by atoms with Crippen LogP contribution in [0.15, 0.2) is 24.3 Å². The Hall–Kier alpha value is -3.66. The SMILES string of the molecule is CN(c1nc(OC[C@@]23CCCN2C[C@H](F)C3)nc2nc(-c3ccc(F)c4sc(N)c(C#N)c34)ccc12)[C@@H]1CCNC1. The number of alkyl halides is 1. The third-order valence-electron chi connectivity index (χ3n) is 8.87. The fourth-order valence-corrected chi connectivity index (χ4v) is 7.71. The van der Waals surface area contributed by atoms with E-state index >= 15 is 0 Å². The van der Waals surface area contributed by atoms with Crippen LogP contribution in [0.3, 0.4) is 0 Å². The van der Waals surface area contributed by atoms with Crippen LogP contribution >= 0.6 is 11.3 Å². The summed E-state index contributed by atoms with van der Waals surface area (Å²) in [5.74, 6) is 0.271. The van der Waals surface area contributed by atoms with Crippen molar-refractivity contribution in [1.29, 1.82) is 5.26 Å². The Kier molecular flexibility index (Phi) is 6.41. The number of likely N-dealkylation sites (N-methyl/N-ethyl adjacent to an activating group) is 1. The van der Waals surface area contributed by atoms with Crippen molar-refractivity contribution in [1.82, 2.24) is 25.2 Å². The van der Waals surface area contributed by atoms with Gasteiger partial charge in [-0.3, -0.25) is 4.90 Å². The molecule has 0 spiro atoms. The number of pyridine rings is 1. The number of nitrogens with one attached hydrogen (secondary N) is 1. The van der Waals surface area contributed by atoms with E-state index in [4.69, 9.17) is 25.4 Å². The van der Waals surface area contributed by atoms with Crippen LogP contribution < -0.4 is 20.7 Å². The molecule has 0 unspecified atom stereocenters. The van der Waals surface area contributed by atoms with Gasteiger partial charge in [0.1, 0.15) is 35.5 Å². The highest BCUT2D eigenvalue weighted by atomic mass is 32.1. The number of anilines is 2. The maximum absolute atomic E-state index is 14.7. The summed E-state index contributed by atoms with van der Waals surface area (Å²) >= 11 is 1.05. The molecule has 41 heavy (non-hydrogen) atoms. The summed E-state index contributed by atoms with van der Waals surface area (Å²) in [7, 11) is 2.01. The Balaban J connectivity index is 1.33. The van der Waals surface area contributed by atoms with E-state index in [1.165, 1.54) is 6.07 Å². The number of fused-ring (bicyclic) bond motifs is 3. The van der Waals surface area contributed by atoms with Crippen LogP contribution in [0, 0.1) is 17.1 Å². The van der Waals surface area contributed by atoms with Crippen molar-refractivity contribution in [3.8, 4) is 23.3 Å². The van der Waals surface area contributed by atoms with Gasteiger partial charge in [0.05, 0.1) is 26.9 Å². The zero-order valence-corrected chi connectivity index (χ0v) is 23.5. The Labute approximate surface area is 239 Å². The van der Waals surface area contributed by atoms with E-state index in [9.17, 15) is 14.0 Å². The molecule has 7 rings (SSSR count). The Bertz CT molecular complexity index is 1700. The van der Waals surface area contributed by atoms with Crippen molar-refractivity contribution in [3.63, 3.8) is 0 Å². The van der Waals surface area contributed by atoms with E-state index < -0.39 is 12.0 Å². The van der Waals surface area contributed by atoms with E-state index in [2.05, 4.69) is 21.2 Å². The van der Waals surface area contributed by atoms with Gasteiger partial charge in [-0.1, -0.05) is 0 Å². The summed E-state index contributed by atoms with van der Waals surface area (Å²) in [5.41, 5.74) is 7.54. The molecule has 1 aromatic carbocycles. The monoisotopic (exact) mass is 576 g/mol. The summed E-state index contributed by atoms with van der Waals surface area (Å²) in [5, 5.41) is 14.6. The van der Waals surface area contributed by atoms with Gasteiger partial charge < -0.3 is 20.7 Å². The Morgan fingerprint density at radius 3 is 2.98 bits per heavy atom. The van der Waals surface area contributed by atoms with Gasteiger partial charge >= 0.3 is 6.01 Å². The third-order valence-corrected chi connectivity index (χ3v) is 9.90. The molecule has 9 nitrogen and oxygen atoms in total. The number of nitrogen functional groups attached to an aromatic ring is 1. The topological polar surface area (TPSA) is 116 Å². The Morgan fingerprint density at radius 2 is 2.17 bits per heavy atom. The summed E-state index contributed by atoms with van der Waals surface area (Å²) in [6, 6.07) is 9.31. The van der Waals surface area contributed by atoms with Crippen LogP contribution in [0.25, 0.3) is 32.4 Å². The maximum atomic E-state index is 14.7. The normalized spacial score (nSPS) is 24.2. The lowest BCUT2D eigenvalue weighted by Gasteiger charge is -2.31. The van der Waals surface area contributed by atoms with Crippen molar-refractivity contribution in [3.05, 3.63) is 35.6 Å². The molecule has 3 atom stereocenters. The number of benzene rings is 1. The first-order valence-electron chi connectivity index (χ1n) is 13.9. The van der Waals surface area contributed by atoms with Gasteiger partial charge in [0.25, 0.3) is 0 Å². The zero-order valence-electron chi connectivity index (χ0n) is 22.7. The number of hydrogen-bond donors (Lipinski definition) is 2. The second-order valence-corrected chi connectivity index (χ2v) is 12.3. The third kappa shape index (κ3) is 4.34. The molecule has 0 aliphatic carbocycles. The van der Waals surface area contributed by atoms with Crippen molar-refractivity contribution in [2.75, 3.05) is 50.5 Å². The van der Waals surface area contributed by atoms with E-state index in [1.54, 1.807) is 6.07 Å². The van der Waals surface area contributed by atoms with Gasteiger partial charge in [-0.05, 0) is 56.6 Å². The molecule has 4 aromatic rings. The maximum Gasteiger partial charge on any atom is 0.320 e. The van der Waals surface area contributed by atoms with Crippen LogP contribution in [0.1, 0.15) is 31.2 Å². The first-order chi connectivity index (χ1) is 19.9. The molecule has 3 aromatic heterocycles. The number of nitrogens with zero attached hydrogens (tertiary/aromatic N) is 6. The van der Waals surface area contributed by atoms with E-state index in [0.29, 0.717) is 52.4 Å². The molecule has 0 saturated carbocycles. The molecule has 3 N–H and O–H groups in total. The lowest BCUT2D eigenvalue weighted by atomic mass is 9.95. The average Bonchev–Trinajstić information content (AvgIpc) is 3.75. The van der Waals surface area contributed by atoms with Gasteiger partial charge in [-0.2, -0.15) is 15.2 Å². The number of halogens is 2. The summed E-state index contributed by atoms with van der Waals surface area (Å²) in [4.78, 5) is 18.8. The van der Waals surface area contributed by atoms with Crippen molar-refractivity contribution in [2.24, 2.45) is 0 Å². The molecule has 3 aliphatic heterocycles. The van der Waals surface area contributed by atoms with E-state index in [1.807, 2.05) is 19.2 Å². The highest BCUT2D eigenvalue weighted by Crippen LogP contribution is 2.42. The molecule has 6 heterocycles. The minimum absolute atomic E-state index is 0.195. The summed E-state index contributed by atoms with van der Waals surface area (Å²) in [6.07, 6.45) is 2.48. The largest absolute Gasteiger partial charge is 0.461 e. The fourth-order valence-electron chi connectivity index (χ4n) is 6.76. The van der Waals surface area contributed by atoms with Crippen molar-refractivity contribution < 1.29 is 13.5 Å². The van der Waals surface area contributed by atoms with Gasteiger partial charge in [-0.25, -0.2) is 13.8 Å². The van der Waals surface area contributed by atoms with E-state index in [-0.39, 0.29) is 28.2 Å². The van der Waals surface area contributed by atoms with E-state index in [0.717, 1.165) is 55.6 Å². The molecule has 3 fully saturated rings. The van der Waals surface area contributed by atoms with Crippen LogP contribution in [0.2, 0.25) is 0 Å². The number of rotatable bonds is 6. The number of hydrogen-bond acceptors (Lipinski definition) is 10. The zero-order chi connectivity index (χ0) is 28.3. The first kappa shape index (κ1) is 26.3. The van der Waals surface area contributed by atoms with Gasteiger partial charge in [0, 0.05) is 43.5 Å². The highest BCUT2D eigenvalue weighted by molar-refractivity contribution is 7.23. The minimum Gasteiger partial charge on any atom is -0.461 e. The van der Waals surface area contributed by atoms with Crippen LogP contribution in [0.4, 0.5) is 19.6 Å². The van der Waals surface area contributed by atoms with Gasteiger partial charge in [0.15, 0.2) is 5.65 Å². The smallest absolute Gasteiger partial charge is 0.320 e. The molecule has 3 saturated heterocycles. The number of thiophene rings is 1. The lowest BCUT2D eigenvalue weighted by molar-refractivity contribution is 0.107. The molecule has 0 bridgehead atoms. The predicted molar refractivity (Wildman–Crippen MR) is 155 cm³/mol. The minimum atomic E-state index is -0.853. The summed E-state index contributed by atoms with van der Waals surface area (Å²) < 4.78 is 35.6. The van der Waals surface area contributed by atoms with Gasteiger partial charge in [-0.15, -0.1) is 11.3 Å². The number of nitriles is 1. The molecule has 3 aliphatic rings. The van der Waals surface area contributed by atoms with Crippen LogP contribution in [0.5, 0.6) is 6.01 Å². The molecular weight excluding hydrogens is 546 g/mol. The molecular formula is C29H30F2N8OS. The summed E-state index contributed by atoms with van der Waals surface area (Å²) in [6.45, 7) is 3.40. The van der Waals surface area contributed by atoms with Crippen LogP contribution in [-0.4, -0.2) is 77.4 Å². The lowest BCUT2D eigenvalue weighted by Crippen LogP contribution is -2.43. The molecule has 212 valence electrons. The fraction of sp³-hybridized carbons (Fsp3) is 0.448. The number of ether oxygens (including phenoxy) is 1. The van der Waals surface area contributed by atoms with Crippen LogP contribution in [-0.2, 0) is 0 Å². The van der Waals surface area contributed by atoms with Crippen molar-refractivity contribution in [2.45, 2.75) is 43.4 Å².